The molecule has 1 aliphatic rings. The Kier molecular flexibility index (Phi) is 7.91. The molecule has 0 saturated carbocycles. The molecule has 2 atom stereocenters. The van der Waals surface area contributed by atoms with Gasteiger partial charge in [0.15, 0.2) is 0 Å². The number of benzene rings is 3. The summed E-state index contributed by atoms with van der Waals surface area (Å²) in [7, 11) is 3.12. The molecule has 4 aromatic rings. The molecule has 1 heterocycles. The van der Waals surface area contributed by atoms with Gasteiger partial charge in [0.2, 0.25) is 0 Å². The highest BCUT2D eigenvalue weighted by molar-refractivity contribution is 9.10. The molecule has 1 aromatic heterocycles. The van der Waals surface area contributed by atoms with Crippen LogP contribution in [0.25, 0.3) is 10.9 Å². The van der Waals surface area contributed by atoms with E-state index in [0.717, 1.165) is 31.1 Å². The number of aromatic nitrogens is 1. The van der Waals surface area contributed by atoms with Crippen LogP contribution in [0.5, 0.6) is 0 Å². The molecular weight excluding hydrogens is 628 g/mol. The normalized spacial score (nSPS) is 16.4. The molecule has 0 radical (unpaired) electrons. The van der Waals surface area contributed by atoms with Gasteiger partial charge in [-0.05, 0) is 67.4 Å². The zero-order valence-corrected chi connectivity index (χ0v) is 24.6. The average Bonchev–Trinajstić information content (AvgIpc) is 3.29. The van der Waals surface area contributed by atoms with Crippen molar-refractivity contribution in [3.8, 4) is 0 Å². The second kappa shape index (κ2) is 11.4. The number of para-hydroxylation sites is 1. The zero-order chi connectivity index (χ0) is 27.7. The van der Waals surface area contributed by atoms with Gasteiger partial charge < -0.3 is 14.4 Å². The molecule has 39 heavy (non-hydrogen) atoms. The third kappa shape index (κ3) is 5.25. The summed E-state index contributed by atoms with van der Waals surface area (Å²) < 4.78 is 14.3. The van der Waals surface area contributed by atoms with E-state index in [9.17, 15) is 14.4 Å². The number of halogens is 2. The van der Waals surface area contributed by atoms with Crippen LogP contribution in [-0.2, 0) is 15.9 Å². The van der Waals surface area contributed by atoms with E-state index in [1.165, 1.54) is 7.11 Å². The second-order valence-corrected chi connectivity index (χ2v) is 11.3. The topological polar surface area (TPSA) is 77.8 Å². The molecule has 0 saturated heterocycles. The number of fused-ring (bicyclic) bond motifs is 3. The largest absolute Gasteiger partial charge is 0.462 e. The summed E-state index contributed by atoms with van der Waals surface area (Å²) in [4.78, 5) is 41.2. The third-order valence-electron chi connectivity index (χ3n) is 7.20. The number of carbonyl (C=O) groups is 3. The van der Waals surface area contributed by atoms with E-state index in [0.29, 0.717) is 24.0 Å². The van der Waals surface area contributed by atoms with Crippen molar-refractivity contribution in [3.05, 3.63) is 104 Å². The minimum absolute atomic E-state index is 0.120. The predicted octanol–water partition coefficient (Wildman–Crippen LogP) is 7.01. The van der Waals surface area contributed by atoms with Crippen molar-refractivity contribution < 1.29 is 23.9 Å². The molecule has 0 spiro atoms. The highest BCUT2D eigenvalue weighted by atomic mass is 79.9. The van der Waals surface area contributed by atoms with E-state index < -0.39 is 18.1 Å². The van der Waals surface area contributed by atoms with Crippen molar-refractivity contribution in [2.75, 3.05) is 20.8 Å². The SMILES string of the molecule is COC(=O)n1c2c(c3ccccc31)C(N(C)C(=O)c1ccc(Br)cc1)C(COC(=O)c1ccc(Br)cc1)CC2. The van der Waals surface area contributed by atoms with Gasteiger partial charge in [-0.25, -0.2) is 14.2 Å². The molecule has 2 unspecified atom stereocenters. The van der Waals surface area contributed by atoms with E-state index in [4.69, 9.17) is 9.47 Å². The fraction of sp³-hybridized carbons (Fsp3) is 0.233. The Hall–Kier alpha value is -3.43. The number of nitrogens with zero attached hydrogens (tertiary/aromatic N) is 2. The fourth-order valence-corrected chi connectivity index (χ4v) is 5.90. The molecule has 0 bridgehead atoms. The molecule has 1 amide bonds. The van der Waals surface area contributed by atoms with E-state index in [-0.39, 0.29) is 18.4 Å². The first-order chi connectivity index (χ1) is 18.8. The summed E-state index contributed by atoms with van der Waals surface area (Å²) in [6, 6.07) is 21.4. The minimum Gasteiger partial charge on any atom is -0.462 e. The van der Waals surface area contributed by atoms with Crippen molar-refractivity contribution in [3.63, 3.8) is 0 Å². The molecule has 9 heteroatoms. The Morgan fingerprint density at radius 3 is 2.18 bits per heavy atom. The van der Waals surface area contributed by atoms with Crippen molar-refractivity contribution in [1.29, 1.82) is 0 Å². The lowest BCUT2D eigenvalue weighted by Gasteiger charge is -2.38. The molecule has 0 aliphatic heterocycles. The van der Waals surface area contributed by atoms with Gasteiger partial charge >= 0.3 is 12.1 Å². The standard InChI is InChI=1S/C30H26Br2N2O5/c1-33(28(35)18-7-12-21(31)13-8-18)27-20(17-39-29(36)19-9-14-22(32)15-10-19)11-16-25-26(27)23-5-3-4-6-24(23)34(25)30(37)38-2/h3-10,12-15,20,27H,11,16-17H2,1-2H3. The van der Waals surface area contributed by atoms with E-state index in [1.54, 1.807) is 52.9 Å². The maximum absolute atomic E-state index is 13.7. The van der Waals surface area contributed by atoms with Crippen LogP contribution in [0.1, 0.15) is 44.4 Å². The number of rotatable bonds is 5. The maximum atomic E-state index is 13.7. The van der Waals surface area contributed by atoms with E-state index in [2.05, 4.69) is 31.9 Å². The summed E-state index contributed by atoms with van der Waals surface area (Å²) in [5, 5.41) is 0.863. The van der Waals surface area contributed by atoms with Gasteiger partial charge in [0, 0.05) is 44.1 Å². The van der Waals surface area contributed by atoms with E-state index in [1.807, 2.05) is 36.4 Å². The van der Waals surface area contributed by atoms with E-state index >= 15 is 0 Å². The van der Waals surface area contributed by atoms with Gasteiger partial charge in [-0.1, -0.05) is 50.1 Å². The minimum atomic E-state index is -0.479. The monoisotopic (exact) mass is 652 g/mol. The Morgan fingerprint density at radius 1 is 0.923 bits per heavy atom. The van der Waals surface area contributed by atoms with Crippen LogP contribution >= 0.6 is 31.9 Å². The first-order valence-corrected chi connectivity index (χ1v) is 14.0. The van der Waals surface area contributed by atoms with Gasteiger partial charge in [0.05, 0.1) is 30.8 Å². The molecule has 0 fully saturated rings. The Morgan fingerprint density at radius 2 is 1.54 bits per heavy atom. The zero-order valence-electron chi connectivity index (χ0n) is 21.4. The lowest BCUT2D eigenvalue weighted by atomic mass is 9.81. The summed E-state index contributed by atoms with van der Waals surface area (Å²) >= 11 is 6.81. The van der Waals surface area contributed by atoms with Crippen molar-refractivity contribution in [2.45, 2.75) is 18.9 Å². The first-order valence-electron chi connectivity index (χ1n) is 12.5. The van der Waals surface area contributed by atoms with Crippen LogP contribution in [0.4, 0.5) is 4.79 Å². The third-order valence-corrected chi connectivity index (χ3v) is 8.26. The molecule has 1 aliphatic carbocycles. The summed E-state index contributed by atoms with van der Waals surface area (Å²) in [6.07, 6.45) is 0.695. The maximum Gasteiger partial charge on any atom is 0.418 e. The number of ether oxygens (including phenoxy) is 2. The molecule has 200 valence electrons. The molecule has 0 N–H and O–H groups in total. The average molecular weight is 654 g/mol. The summed E-state index contributed by atoms with van der Waals surface area (Å²) in [6.45, 7) is 0.120. The Bertz CT molecular complexity index is 1550. The van der Waals surface area contributed by atoms with Crippen molar-refractivity contribution in [1.82, 2.24) is 9.47 Å². The van der Waals surface area contributed by atoms with Crippen LogP contribution in [0.2, 0.25) is 0 Å². The Balaban J connectivity index is 1.56. The second-order valence-electron chi connectivity index (χ2n) is 9.45. The van der Waals surface area contributed by atoms with Crippen molar-refractivity contribution in [2.24, 2.45) is 5.92 Å². The van der Waals surface area contributed by atoms with Crippen LogP contribution in [-0.4, -0.2) is 48.2 Å². The van der Waals surface area contributed by atoms with Gasteiger partial charge in [-0.15, -0.1) is 0 Å². The first kappa shape index (κ1) is 27.1. The number of esters is 1. The number of hydrogen-bond donors (Lipinski definition) is 0. The van der Waals surface area contributed by atoms with Crippen LogP contribution < -0.4 is 0 Å². The molecule has 5 rings (SSSR count). The predicted molar refractivity (Wildman–Crippen MR) is 155 cm³/mol. The number of hydrogen-bond acceptors (Lipinski definition) is 5. The lowest BCUT2D eigenvalue weighted by Crippen LogP contribution is -2.40. The highest BCUT2D eigenvalue weighted by Crippen LogP contribution is 2.44. The highest BCUT2D eigenvalue weighted by Gasteiger charge is 2.40. The number of amides is 1. The summed E-state index contributed by atoms with van der Waals surface area (Å²) in [5.74, 6) is -0.788. The van der Waals surface area contributed by atoms with Crippen LogP contribution in [0.3, 0.4) is 0 Å². The van der Waals surface area contributed by atoms with Gasteiger partial charge in [0.25, 0.3) is 5.91 Å². The summed E-state index contributed by atoms with van der Waals surface area (Å²) in [5.41, 5.74) is 3.39. The van der Waals surface area contributed by atoms with Gasteiger partial charge in [-0.2, -0.15) is 0 Å². The van der Waals surface area contributed by atoms with Gasteiger partial charge in [-0.3, -0.25) is 4.79 Å². The number of carbonyl (C=O) groups excluding carboxylic acids is 3. The smallest absolute Gasteiger partial charge is 0.418 e. The lowest BCUT2D eigenvalue weighted by molar-refractivity contribution is 0.0297. The molecule has 7 nitrogen and oxygen atoms in total. The Labute approximate surface area is 242 Å². The molecular formula is C30H26Br2N2O5. The van der Waals surface area contributed by atoms with Crippen molar-refractivity contribution >= 4 is 60.7 Å². The molecule has 3 aromatic carbocycles. The van der Waals surface area contributed by atoms with Gasteiger partial charge in [0.1, 0.15) is 0 Å². The fourth-order valence-electron chi connectivity index (χ4n) is 5.37. The quantitative estimate of drug-likeness (QED) is 0.217. The number of methoxy groups -OCH3 is 1. The van der Waals surface area contributed by atoms with Crippen LogP contribution in [0, 0.1) is 5.92 Å². The van der Waals surface area contributed by atoms with Crippen LogP contribution in [0.15, 0.2) is 81.7 Å².